The smallest absolute Gasteiger partial charge is 0.275 e. The zero-order chi connectivity index (χ0) is 20.8. The van der Waals surface area contributed by atoms with Crippen molar-refractivity contribution in [2.45, 2.75) is 6.92 Å². The van der Waals surface area contributed by atoms with Crippen LogP contribution in [0.1, 0.15) is 6.92 Å². The number of benzene rings is 1. The maximum absolute atomic E-state index is 12.4. The van der Waals surface area contributed by atoms with Gasteiger partial charge in [-0.3, -0.25) is 15.0 Å². The summed E-state index contributed by atoms with van der Waals surface area (Å²) < 4.78 is 0. The van der Waals surface area contributed by atoms with E-state index in [9.17, 15) is 9.59 Å². The molecular formula is C21H15N5O2S2. The lowest BCUT2D eigenvalue weighted by atomic mass is 10.1. The SMILES string of the molecule is CC1=CC(=O)N(Nc2nc(-c3ccc(N)cc3)nc3scc(-c4cccs4)c23)C1=O. The zero-order valence-electron chi connectivity index (χ0n) is 15.7. The summed E-state index contributed by atoms with van der Waals surface area (Å²) in [6, 6.07) is 11.2. The molecule has 0 fully saturated rings. The molecule has 3 aromatic heterocycles. The van der Waals surface area contributed by atoms with Gasteiger partial charge in [0.05, 0.1) is 5.39 Å². The normalized spacial score (nSPS) is 13.9. The number of rotatable bonds is 4. The highest BCUT2D eigenvalue weighted by Gasteiger charge is 2.30. The molecule has 1 aromatic carbocycles. The third-order valence-corrected chi connectivity index (χ3v) is 6.48. The minimum absolute atomic E-state index is 0.375. The molecule has 30 heavy (non-hydrogen) atoms. The third kappa shape index (κ3) is 3.04. The highest BCUT2D eigenvalue weighted by Crippen LogP contribution is 2.40. The number of carbonyl (C=O) groups is 2. The van der Waals surface area contributed by atoms with E-state index in [0.717, 1.165) is 31.2 Å². The summed E-state index contributed by atoms with van der Waals surface area (Å²) in [6.45, 7) is 1.61. The van der Waals surface area contributed by atoms with Gasteiger partial charge in [-0.05, 0) is 42.6 Å². The Morgan fingerprint density at radius 2 is 1.87 bits per heavy atom. The number of imide groups is 1. The van der Waals surface area contributed by atoms with E-state index in [-0.39, 0.29) is 0 Å². The van der Waals surface area contributed by atoms with Crippen molar-refractivity contribution >= 4 is 56.2 Å². The second-order valence-corrected chi connectivity index (χ2v) is 8.55. The fraction of sp³-hybridized carbons (Fsp3) is 0.0476. The molecule has 9 heteroatoms. The van der Waals surface area contributed by atoms with E-state index in [1.807, 2.05) is 35.0 Å². The summed E-state index contributed by atoms with van der Waals surface area (Å²) >= 11 is 3.09. The lowest BCUT2D eigenvalue weighted by Crippen LogP contribution is -2.36. The number of nitrogens with one attached hydrogen (secondary N) is 1. The first-order valence-corrected chi connectivity index (χ1v) is 10.8. The minimum Gasteiger partial charge on any atom is -0.399 e. The van der Waals surface area contributed by atoms with Gasteiger partial charge in [-0.15, -0.1) is 22.7 Å². The Hall–Kier alpha value is -3.56. The molecule has 0 radical (unpaired) electrons. The largest absolute Gasteiger partial charge is 0.399 e. The number of nitrogens with two attached hydrogens (primary N) is 1. The minimum atomic E-state index is -0.425. The molecule has 0 saturated carbocycles. The fourth-order valence-electron chi connectivity index (χ4n) is 3.20. The number of thiophene rings is 2. The molecule has 5 rings (SSSR count). The van der Waals surface area contributed by atoms with Gasteiger partial charge in [-0.25, -0.2) is 9.97 Å². The van der Waals surface area contributed by atoms with Gasteiger partial charge < -0.3 is 5.73 Å². The summed E-state index contributed by atoms with van der Waals surface area (Å²) in [5, 5.41) is 5.77. The van der Waals surface area contributed by atoms with E-state index in [1.165, 1.54) is 17.4 Å². The quantitative estimate of drug-likeness (QED) is 0.367. The highest BCUT2D eigenvalue weighted by molar-refractivity contribution is 7.18. The molecular weight excluding hydrogens is 418 g/mol. The Morgan fingerprint density at radius 3 is 2.53 bits per heavy atom. The average Bonchev–Trinajstić information content (AvgIpc) is 3.45. The number of carbonyl (C=O) groups excluding carboxylic acids is 2. The van der Waals surface area contributed by atoms with Gasteiger partial charge in [-0.2, -0.15) is 5.01 Å². The Labute approximate surface area is 179 Å². The maximum atomic E-state index is 12.4. The summed E-state index contributed by atoms with van der Waals surface area (Å²) in [4.78, 5) is 35.9. The van der Waals surface area contributed by atoms with Crippen LogP contribution < -0.4 is 11.2 Å². The van der Waals surface area contributed by atoms with Crippen molar-refractivity contribution in [3.63, 3.8) is 0 Å². The number of nitrogens with zero attached hydrogens (tertiary/aromatic N) is 3. The second kappa shape index (κ2) is 7.05. The van der Waals surface area contributed by atoms with Crippen LogP contribution in [0.3, 0.4) is 0 Å². The van der Waals surface area contributed by atoms with Crippen LogP contribution in [-0.4, -0.2) is 26.8 Å². The lowest BCUT2D eigenvalue weighted by Gasteiger charge is -2.18. The fourth-order valence-corrected chi connectivity index (χ4v) is 4.96. The topological polar surface area (TPSA) is 101 Å². The summed E-state index contributed by atoms with van der Waals surface area (Å²) in [7, 11) is 0. The van der Waals surface area contributed by atoms with Gasteiger partial charge in [0.15, 0.2) is 11.6 Å². The number of hydrogen-bond donors (Lipinski definition) is 2. The van der Waals surface area contributed by atoms with Crippen LogP contribution in [0.15, 0.2) is 58.8 Å². The Kier molecular flexibility index (Phi) is 4.34. The van der Waals surface area contributed by atoms with Crippen LogP contribution in [-0.2, 0) is 9.59 Å². The molecule has 0 atom stereocenters. The van der Waals surface area contributed by atoms with Crippen LogP contribution >= 0.6 is 22.7 Å². The van der Waals surface area contributed by atoms with E-state index >= 15 is 0 Å². The molecule has 2 amide bonds. The standard InChI is InChI=1S/C21H15N5O2S2/c1-11-9-16(27)26(21(11)28)25-19-17-14(15-3-2-8-29-15)10-30-20(17)24-18(23-19)12-4-6-13(22)7-5-12/h2-10H,22H2,1H3,(H,23,24,25). The number of anilines is 2. The van der Waals surface area contributed by atoms with Gasteiger partial charge in [0.25, 0.3) is 11.8 Å². The van der Waals surface area contributed by atoms with Crippen LogP contribution in [0.5, 0.6) is 0 Å². The van der Waals surface area contributed by atoms with Crippen molar-refractivity contribution < 1.29 is 9.59 Å². The average molecular weight is 434 g/mol. The molecule has 1 aliphatic heterocycles. The van der Waals surface area contributed by atoms with Gasteiger partial charge in [0, 0.05) is 38.7 Å². The predicted molar refractivity (Wildman–Crippen MR) is 120 cm³/mol. The Morgan fingerprint density at radius 1 is 1.07 bits per heavy atom. The monoisotopic (exact) mass is 433 g/mol. The molecule has 0 unspecified atom stereocenters. The van der Waals surface area contributed by atoms with E-state index in [4.69, 9.17) is 10.7 Å². The highest BCUT2D eigenvalue weighted by atomic mass is 32.1. The van der Waals surface area contributed by atoms with Crippen LogP contribution in [0.25, 0.3) is 32.0 Å². The first kappa shape index (κ1) is 18.5. The van der Waals surface area contributed by atoms with E-state index in [2.05, 4.69) is 10.4 Å². The molecule has 4 heterocycles. The van der Waals surface area contributed by atoms with Gasteiger partial charge in [0.1, 0.15) is 4.83 Å². The van der Waals surface area contributed by atoms with Crippen molar-refractivity contribution in [3.05, 3.63) is 58.8 Å². The van der Waals surface area contributed by atoms with Crippen molar-refractivity contribution in [1.82, 2.24) is 15.0 Å². The molecule has 7 nitrogen and oxygen atoms in total. The van der Waals surface area contributed by atoms with Crippen LogP contribution in [0, 0.1) is 0 Å². The molecule has 4 aromatic rings. The van der Waals surface area contributed by atoms with Crippen molar-refractivity contribution in [2.75, 3.05) is 11.2 Å². The van der Waals surface area contributed by atoms with Crippen molar-refractivity contribution in [3.8, 4) is 21.8 Å². The molecule has 148 valence electrons. The number of hydrazine groups is 1. The van der Waals surface area contributed by atoms with Gasteiger partial charge in [-0.1, -0.05) is 6.07 Å². The first-order chi connectivity index (χ1) is 14.5. The second-order valence-electron chi connectivity index (χ2n) is 6.74. The summed E-state index contributed by atoms with van der Waals surface area (Å²) in [5.74, 6) is 0.0644. The van der Waals surface area contributed by atoms with E-state index in [1.54, 1.807) is 30.4 Å². The lowest BCUT2D eigenvalue weighted by molar-refractivity contribution is -0.135. The molecule has 0 aliphatic carbocycles. The van der Waals surface area contributed by atoms with Gasteiger partial charge in [0.2, 0.25) is 0 Å². The number of nitrogen functional groups attached to an aromatic ring is 1. The molecule has 0 bridgehead atoms. The molecule has 3 N–H and O–H groups in total. The predicted octanol–water partition coefficient (Wildman–Crippen LogP) is 4.31. The maximum Gasteiger partial charge on any atom is 0.275 e. The van der Waals surface area contributed by atoms with Gasteiger partial charge >= 0.3 is 0 Å². The summed E-state index contributed by atoms with van der Waals surface area (Å²) in [6.07, 6.45) is 1.31. The number of amides is 2. The molecule has 0 saturated heterocycles. The van der Waals surface area contributed by atoms with Crippen LogP contribution in [0.4, 0.5) is 11.5 Å². The first-order valence-electron chi connectivity index (χ1n) is 9.03. The summed E-state index contributed by atoms with van der Waals surface area (Å²) in [5.41, 5.74) is 11.5. The molecule has 1 aliphatic rings. The van der Waals surface area contributed by atoms with E-state index in [0.29, 0.717) is 22.9 Å². The van der Waals surface area contributed by atoms with E-state index < -0.39 is 11.8 Å². The third-order valence-electron chi connectivity index (χ3n) is 4.71. The van der Waals surface area contributed by atoms with Crippen LogP contribution in [0.2, 0.25) is 0 Å². The Bertz CT molecular complexity index is 1320. The van der Waals surface area contributed by atoms with Crippen molar-refractivity contribution in [2.24, 2.45) is 0 Å². The Balaban J connectivity index is 1.68. The number of aromatic nitrogens is 2. The van der Waals surface area contributed by atoms with Crippen molar-refractivity contribution in [1.29, 1.82) is 0 Å². The number of hydrogen-bond acceptors (Lipinski definition) is 8. The number of fused-ring (bicyclic) bond motifs is 1. The zero-order valence-corrected chi connectivity index (χ0v) is 17.4. The molecule has 0 spiro atoms.